The summed E-state index contributed by atoms with van der Waals surface area (Å²) in [6, 6.07) is 0. The Morgan fingerprint density at radius 3 is 2.28 bits per heavy atom. The van der Waals surface area contributed by atoms with Crippen LogP contribution in [0.1, 0.15) is 52.4 Å². The summed E-state index contributed by atoms with van der Waals surface area (Å²) in [6.45, 7) is 3.78. The summed E-state index contributed by atoms with van der Waals surface area (Å²) in [4.78, 5) is 22.4. The molecular formula is C13H23NO4. The van der Waals surface area contributed by atoms with Crippen LogP contribution in [0.15, 0.2) is 0 Å². The standard InChI is InChI=1S/C13H23NO4/c1-12(2,8-11(16)17)7-10(15)14-9-13(18)5-3-4-6-13/h18H,3-9H2,1-2H3,(H,14,15)(H,16,17). The Morgan fingerprint density at radius 2 is 1.78 bits per heavy atom. The molecule has 1 amide bonds. The van der Waals surface area contributed by atoms with Crippen LogP contribution < -0.4 is 5.32 Å². The number of rotatable bonds is 6. The van der Waals surface area contributed by atoms with Crippen LogP contribution in [-0.4, -0.2) is 34.2 Å². The molecule has 18 heavy (non-hydrogen) atoms. The third-order valence-electron chi connectivity index (χ3n) is 3.42. The molecule has 104 valence electrons. The smallest absolute Gasteiger partial charge is 0.303 e. The van der Waals surface area contributed by atoms with Gasteiger partial charge >= 0.3 is 5.97 Å². The molecule has 0 saturated heterocycles. The van der Waals surface area contributed by atoms with E-state index in [4.69, 9.17) is 5.11 Å². The zero-order valence-corrected chi connectivity index (χ0v) is 11.2. The summed E-state index contributed by atoms with van der Waals surface area (Å²) in [5.74, 6) is -1.09. The highest BCUT2D eigenvalue weighted by atomic mass is 16.4. The molecule has 0 heterocycles. The molecule has 0 aromatic heterocycles. The van der Waals surface area contributed by atoms with Crippen molar-refractivity contribution >= 4 is 11.9 Å². The first-order valence-corrected chi connectivity index (χ1v) is 6.43. The molecule has 0 radical (unpaired) electrons. The van der Waals surface area contributed by atoms with Gasteiger partial charge in [-0.2, -0.15) is 0 Å². The Balaban J connectivity index is 2.35. The lowest BCUT2D eigenvalue weighted by Gasteiger charge is -2.25. The normalized spacial score (nSPS) is 18.6. The molecule has 0 aromatic carbocycles. The molecule has 1 aliphatic carbocycles. The van der Waals surface area contributed by atoms with Crippen molar-refractivity contribution in [2.75, 3.05) is 6.54 Å². The Kier molecular flexibility index (Phi) is 4.73. The van der Waals surface area contributed by atoms with E-state index in [1.807, 2.05) is 0 Å². The molecule has 3 N–H and O–H groups in total. The number of carbonyl (C=O) groups is 2. The molecule has 5 heteroatoms. The van der Waals surface area contributed by atoms with Crippen LogP contribution in [0.3, 0.4) is 0 Å². The van der Waals surface area contributed by atoms with Gasteiger partial charge in [-0.3, -0.25) is 9.59 Å². The van der Waals surface area contributed by atoms with E-state index < -0.39 is 17.0 Å². The number of carbonyl (C=O) groups excluding carboxylic acids is 1. The van der Waals surface area contributed by atoms with Gasteiger partial charge in [-0.05, 0) is 18.3 Å². The Bertz CT molecular complexity index is 319. The van der Waals surface area contributed by atoms with Crippen molar-refractivity contribution in [3.05, 3.63) is 0 Å². The zero-order valence-electron chi connectivity index (χ0n) is 11.2. The van der Waals surface area contributed by atoms with Crippen molar-refractivity contribution in [2.45, 2.75) is 58.0 Å². The number of hydrogen-bond acceptors (Lipinski definition) is 3. The first-order valence-electron chi connectivity index (χ1n) is 6.43. The third kappa shape index (κ3) is 5.04. The van der Waals surface area contributed by atoms with E-state index in [1.165, 1.54) is 0 Å². The van der Waals surface area contributed by atoms with Crippen molar-refractivity contribution in [1.82, 2.24) is 5.32 Å². The molecule has 0 unspecified atom stereocenters. The second kappa shape index (κ2) is 5.69. The molecule has 0 atom stereocenters. The minimum absolute atomic E-state index is 0.0370. The summed E-state index contributed by atoms with van der Waals surface area (Å²) >= 11 is 0. The van der Waals surface area contributed by atoms with Crippen molar-refractivity contribution in [3.63, 3.8) is 0 Å². The SMILES string of the molecule is CC(C)(CC(=O)O)CC(=O)NCC1(O)CCCC1. The van der Waals surface area contributed by atoms with Crippen molar-refractivity contribution in [3.8, 4) is 0 Å². The van der Waals surface area contributed by atoms with Gasteiger partial charge in [0.25, 0.3) is 0 Å². The molecule has 1 saturated carbocycles. The average molecular weight is 257 g/mol. The van der Waals surface area contributed by atoms with Gasteiger partial charge in [-0.15, -0.1) is 0 Å². The number of carboxylic acid groups (broad SMARTS) is 1. The highest BCUT2D eigenvalue weighted by molar-refractivity contribution is 5.78. The Morgan fingerprint density at radius 1 is 1.22 bits per heavy atom. The third-order valence-corrected chi connectivity index (χ3v) is 3.42. The van der Waals surface area contributed by atoms with E-state index in [0.717, 1.165) is 25.7 Å². The van der Waals surface area contributed by atoms with E-state index >= 15 is 0 Å². The molecule has 0 aromatic rings. The van der Waals surface area contributed by atoms with Gasteiger partial charge < -0.3 is 15.5 Å². The minimum Gasteiger partial charge on any atom is -0.481 e. The van der Waals surface area contributed by atoms with Gasteiger partial charge in [0.1, 0.15) is 0 Å². The fourth-order valence-electron chi connectivity index (χ4n) is 2.44. The average Bonchev–Trinajstić information content (AvgIpc) is 2.60. The lowest BCUT2D eigenvalue weighted by atomic mass is 9.85. The maximum atomic E-state index is 11.7. The monoisotopic (exact) mass is 257 g/mol. The first kappa shape index (κ1) is 15.0. The summed E-state index contributed by atoms with van der Waals surface area (Å²) in [7, 11) is 0. The molecule has 0 spiro atoms. The summed E-state index contributed by atoms with van der Waals surface area (Å²) in [5, 5.41) is 21.5. The summed E-state index contributed by atoms with van der Waals surface area (Å²) in [6.07, 6.45) is 3.57. The van der Waals surface area contributed by atoms with Crippen LogP contribution >= 0.6 is 0 Å². The Labute approximate surface area is 108 Å². The second-order valence-electron chi connectivity index (χ2n) is 6.12. The van der Waals surface area contributed by atoms with Gasteiger partial charge in [-0.25, -0.2) is 0 Å². The van der Waals surface area contributed by atoms with Crippen LogP contribution in [-0.2, 0) is 9.59 Å². The number of nitrogens with one attached hydrogen (secondary N) is 1. The molecule has 1 rings (SSSR count). The molecule has 5 nitrogen and oxygen atoms in total. The summed E-state index contributed by atoms with van der Waals surface area (Å²) < 4.78 is 0. The van der Waals surface area contributed by atoms with Crippen LogP contribution in [0.25, 0.3) is 0 Å². The predicted molar refractivity (Wildman–Crippen MR) is 67.1 cm³/mol. The number of aliphatic carboxylic acids is 1. The van der Waals surface area contributed by atoms with Crippen molar-refractivity contribution < 1.29 is 19.8 Å². The van der Waals surface area contributed by atoms with Gasteiger partial charge in [0.2, 0.25) is 5.91 Å². The first-order chi connectivity index (χ1) is 8.22. The highest BCUT2D eigenvalue weighted by Gasteiger charge is 2.32. The second-order valence-corrected chi connectivity index (χ2v) is 6.12. The Hall–Kier alpha value is -1.10. The molecule has 0 bridgehead atoms. The molecule has 1 fully saturated rings. The largest absolute Gasteiger partial charge is 0.481 e. The van der Waals surface area contributed by atoms with E-state index in [-0.39, 0.29) is 25.3 Å². The fraction of sp³-hybridized carbons (Fsp3) is 0.846. The number of hydrogen-bond donors (Lipinski definition) is 3. The molecule has 0 aliphatic heterocycles. The topological polar surface area (TPSA) is 86.6 Å². The van der Waals surface area contributed by atoms with Crippen LogP contribution in [0, 0.1) is 5.41 Å². The zero-order chi connectivity index (χ0) is 13.8. The lowest BCUT2D eigenvalue weighted by Crippen LogP contribution is -2.42. The lowest BCUT2D eigenvalue weighted by molar-refractivity contribution is -0.139. The van der Waals surface area contributed by atoms with Crippen molar-refractivity contribution in [2.24, 2.45) is 5.41 Å². The van der Waals surface area contributed by atoms with Crippen LogP contribution in [0.2, 0.25) is 0 Å². The van der Waals surface area contributed by atoms with Crippen molar-refractivity contribution in [1.29, 1.82) is 0 Å². The van der Waals surface area contributed by atoms with Crippen LogP contribution in [0.4, 0.5) is 0 Å². The van der Waals surface area contributed by atoms with Gasteiger partial charge in [-0.1, -0.05) is 26.7 Å². The summed E-state index contributed by atoms with van der Waals surface area (Å²) in [5.41, 5.74) is -1.32. The van der Waals surface area contributed by atoms with E-state index in [1.54, 1.807) is 13.8 Å². The van der Waals surface area contributed by atoms with E-state index in [9.17, 15) is 14.7 Å². The predicted octanol–water partition coefficient (Wildman–Crippen LogP) is 1.30. The molecular weight excluding hydrogens is 234 g/mol. The maximum absolute atomic E-state index is 11.7. The van der Waals surface area contributed by atoms with E-state index in [2.05, 4.69) is 5.32 Å². The maximum Gasteiger partial charge on any atom is 0.303 e. The highest BCUT2D eigenvalue weighted by Crippen LogP contribution is 2.29. The number of carboxylic acids is 1. The van der Waals surface area contributed by atoms with E-state index in [0.29, 0.717) is 0 Å². The van der Waals surface area contributed by atoms with Gasteiger partial charge in [0.05, 0.1) is 12.0 Å². The van der Waals surface area contributed by atoms with Gasteiger partial charge in [0, 0.05) is 13.0 Å². The fourth-order valence-corrected chi connectivity index (χ4v) is 2.44. The minimum atomic E-state index is -0.901. The van der Waals surface area contributed by atoms with Gasteiger partial charge in [0.15, 0.2) is 0 Å². The number of aliphatic hydroxyl groups is 1. The quantitative estimate of drug-likeness (QED) is 0.669. The van der Waals surface area contributed by atoms with Crippen LogP contribution in [0.5, 0.6) is 0 Å². The number of amides is 1. The molecule has 1 aliphatic rings.